The molecule has 28 heteroatoms. The van der Waals surface area contributed by atoms with E-state index in [4.69, 9.17) is 54.3 Å². The van der Waals surface area contributed by atoms with Crippen molar-refractivity contribution in [2.45, 2.75) is 0 Å². The fourth-order valence-electron chi connectivity index (χ4n) is 5.50. The molecule has 4 atom stereocenters. The van der Waals surface area contributed by atoms with E-state index in [1.807, 2.05) is 0 Å². The number of hydrogen-bond donors (Lipinski definition) is 0. The van der Waals surface area contributed by atoms with Gasteiger partial charge in [0.25, 0.3) is 0 Å². The molecule has 0 amide bonds. The van der Waals surface area contributed by atoms with E-state index in [9.17, 15) is 19.2 Å². The third kappa shape index (κ3) is 15.6. The summed E-state index contributed by atoms with van der Waals surface area (Å²) < 4.78 is 69.9. The summed E-state index contributed by atoms with van der Waals surface area (Å²) in [4.78, 5) is 51.6. The van der Waals surface area contributed by atoms with Crippen molar-refractivity contribution in [2.75, 3.05) is 0 Å². The van der Waals surface area contributed by atoms with E-state index in [0.717, 1.165) is 0 Å². The predicted octanol–water partition coefficient (Wildman–Crippen LogP) is 9.16. The second-order valence-corrected chi connectivity index (χ2v) is 15.8. The van der Waals surface area contributed by atoms with Crippen molar-refractivity contribution in [3.63, 3.8) is 0 Å². The molecule has 0 N–H and O–H groups in total. The van der Waals surface area contributed by atoms with Crippen LogP contribution in [0.3, 0.4) is 0 Å². The summed E-state index contributed by atoms with van der Waals surface area (Å²) in [6.07, 6.45) is 0. The maximum Gasteiger partial charge on any atom is 0.527 e. The molecule has 0 spiro atoms. The number of carbonyl (C=O) groups is 4. The Morgan fingerprint density at radius 1 is 0.382 bits per heavy atom. The molecule has 0 saturated heterocycles. The van der Waals surface area contributed by atoms with Crippen LogP contribution in [-0.2, 0) is 280 Å². The van der Waals surface area contributed by atoms with Gasteiger partial charge in [-0.05, 0) is 29.8 Å². The van der Waals surface area contributed by atoms with Gasteiger partial charge in [0, 0.05) is 268 Å². The van der Waals surface area contributed by atoms with Crippen LogP contribution in [0.15, 0.2) is 84.9 Å². The van der Waals surface area contributed by atoms with Gasteiger partial charge in [0.1, 0.15) is 23.0 Å². The molecule has 16 nitrogen and oxygen atoms in total. The maximum absolute atomic E-state index is 12.9. The van der Waals surface area contributed by atoms with E-state index >= 15 is 0 Å². The second-order valence-electron chi connectivity index (χ2n) is 11.8. The molecular weight excluding hydrogens is 1570 g/mol. The minimum atomic E-state index is -2.45. The number of benzene rings is 6. The summed E-state index contributed by atoms with van der Waals surface area (Å²) in [5.74, 6) is -2.63. The van der Waals surface area contributed by atoms with E-state index in [0.29, 0.717) is 0 Å². The SMILES string of the molecule is O=C1OP(Oc2cc(OP3OC(=O)c4c[c-]c[c-]c4O3)cc(-c3c(OP4OC(=O)c5c[c-]c[c-]c5O4)cccc3OP3OC(=O)c4c[c-]c[c-]c4O3)c2)Oc2[c-]c[c-]cc21.[Y].[Y].[Y].[Y].[Y].[Y].[Y].[Y]. The Morgan fingerprint density at radius 2 is 0.676 bits per heavy atom. The van der Waals surface area contributed by atoms with Crippen molar-refractivity contribution in [3.8, 4) is 57.1 Å². The van der Waals surface area contributed by atoms with E-state index < -0.39 is 58.3 Å². The van der Waals surface area contributed by atoms with Crippen LogP contribution in [0.1, 0.15) is 41.4 Å². The van der Waals surface area contributed by atoms with E-state index in [1.165, 1.54) is 78.9 Å². The molecular formula is C40H14O16P4Y8-8. The van der Waals surface area contributed by atoms with Gasteiger partial charge in [-0.3, -0.25) is 43.4 Å². The van der Waals surface area contributed by atoms with Crippen molar-refractivity contribution in [2.24, 2.45) is 0 Å². The van der Waals surface area contributed by atoms with E-state index in [2.05, 4.69) is 48.5 Å². The number of rotatable bonds is 9. The Morgan fingerprint density at radius 3 is 0.985 bits per heavy atom. The molecule has 10 rings (SSSR count). The third-order valence-electron chi connectivity index (χ3n) is 8.07. The van der Waals surface area contributed by atoms with Gasteiger partial charge >= 0.3 is 34.4 Å². The normalized spacial score (nSPS) is 17.2. The van der Waals surface area contributed by atoms with Crippen molar-refractivity contribution < 1.29 is 335 Å². The fourth-order valence-corrected chi connectivity index (χ4v) is 9.27. The zero-order valence-corrected chi connectivity index (χ0v) is 60.3. The van der Waals surface area contributed by atoms with Gasteiger partial charge in [0.05, 0.1) is 5.56 Å². The summed E-state index contributed by atoms with van der Waals surface area (Å²) in [6.45, 7) is 0. The minimum absolute atomic E-state index is 0. The van der Waals surface area contributed by atoms with Gasteiger partial charge < -0.3 is 127 Å². The van der Waals surface area contributed by atoms with Crippen molar-refractivity contribution >= 4 is 58.3 Å². The average Bonchev–Trinajstić information content (AvgIpc) is 3.24. The summed E-state index contributed by atoms with van der Waals surface area (Å²) in [7, 11) is -9.75. The number of carbonyl (C=O) groups excluding carboxylic acids is 4. The third-order valence-corrected chi connectivity index (χ3v) is 12.1. The summed E-state index contributed by atoms with van der Waals surface area (Å²) in [5.41, 5.74) is 0.695. The first-order valence-electron chi connectivity index (χ1n) is 16.8. The predicted molar refractivity (Wildman–Crippen MR) is 203 cm³/mol. The van der Waals surface area contributed by atoms with E-state index in [1.54, 1.807) is 6.07 Å². The van der Waals surface area contributed by atoms with Gasteiger partial charge in [-0.1, -0.05) is 29.1 Å². The molecule has 4 unspecified atom stereocenters. The van der Waals surface area contributed by atoms with Crippen LogP contribution in [0.25, 0.3) is 11.1 Å². The zero-order chi connectivity index (χ0) is 40.7. The Kier molecular flexibility index (Phi) is 30.0. The van der Waals surface area contributed by atoms with Crippen LogP contribution in [0.5, 0.6) is 46.0 Å². The van der Waals surface area contributed by atoms with E-state index in [-0.39, 0.29) is 341 Å². The molecule has 0 aromatic heterocycles. The number of hydrogen-bond acceptors (Lipinski definition) is 16. The molecule has 322 valence electrons. The largest absolute Gasteiger partial charge is 0.527 e. The van der Waals surface area contributed by atoms with Gasteiger partial charge in [-0.2, -0.15) is 0 Å². The Labute approximate surface area is 594 Å². The van der Waals surface area contributed by atoms with Crippen LogP contribution < -0.4 is 36.2 Å². The Balaban J connectivity index is 0.00000198. The van der Waals surface area contributed by atoms with Crippen LogP contribution in [0, 0.1) is 48.5 Å². The fraction of sp³-hybridized carbons (Fsp3) is 0. The van der Waals surface area contributed by atoms with Gasteiger partial charge in [-0.15, -0.1) is 22.3 Å². The van der Waals surface area contributed by atoms with Gasteiger partial charge in [0.2, 0.25) is 23.9 Å². The molecule has 6 aromatic rings. The van der Waals surface area contributed by atoms with Crippen LogP contribution >= 0.6 is 34.4 Å². The first-order chi connectivity index (χ1) is 29.3. The molecule has 0 bridgehead atoms. The topological polar surface area (TPSA) is 179 Å². The average molecular weight is 1590 g/mol. The molecule has 0 saturated carbocycles. The standard InChI is InChI=1S/C40H14O16P4.8Y/c41-37-26-10-1-5-14-30(26)47-57(53-37)45-24-20-23(21-25(22-24)46-58-48-31-15-6-2-11-27(31)38(42)54-58)36-34(51-59-49-32-16-7-3-12-28(32)39(43)55-59)18-9-19-35(36)52-60-50-33-17-8-4-13-29(33)40(44)56-60;;;;;;;;/h5-13,18-22H;;;;;;;;/q-8;;;;;;;;. The second kappa shape index (κ2) is 30.8. The smallest absolute Gasteiger partial charge is 0.459 e. The van der Waals surface area contributed by atoms with Gasteiger partial charge in [0.15, 0.2) is 0 Å². The molecule has 4 heterocycles. The Bertz CT molecular complexity index is 2590. The van der Waals surface area contributed by atoms with Crippen molar-refractivity contribution in [1.29, 1.82) is 0 Å². The molecule has 4 aliphatic heterocycles. The molecule has 8 radical (unpaired) electrons. The van der Waals surface area contributed by atoms with Crippen LogP contribution in [-0.4, -0.2) is 23.9 Å². The Hall–Kier alpha value is 2.15. The molecule has 68 heavy (non-hydrogen) atoms. The van der Waals surface area contributed by atoms with Crippen LogP contribution in [0.4, 0.5) is 0 Å². The zero-order valence-electron chi connectivity index (χ0n) is 34.0. The number of fused-ring (bicyclic) bond motifs is 4. The summed E-state index contributed by atoms with van der Waals surface area (Å²) >= 11 is 0. The first-order valence-corrected chi connectivity index (χ1v) is 21.2. The monoisotopic (exact) mass is 1590 g/mol. The molecule has 6 aromatic carbocycles. The minimum Gasteiger partial charge on any atom is -0.459 e. The quantitative estimate of drug-likeness (QED) is 0.0987. The molecule has 0 fully saturated rings. The van der Waals surface area contributed by atoms with Crippen molar-refractivity contribution in [1.82, 2.24) is 0 Å². The molecule has 0 aliphatic carbocycles. The summed E-state index contributed by atoms with van der Waals surface area (Å²) in [5, 5.41) is 0. The molecule has 4 aliphatic rings. The summed E-state index contributed by atoms with van der Waals surface area (Å²) in [6, 6.07) is 42.4. The first kappa shape index (κ1) is 66.3. The van der Waals surface area contributed by atoms with Crippen LogP contribution in [0.2, 0.25) is 0 Å². The van der Waals surface area contributed by atoms with Gasteiger partial charge in [-0.25, -0.2) is 0 Å². The van der Waals surface area contributed by atoms with Crippen molar-refractivity contribution in [3.05, 3.63) is 156 Å². The maximum atomic E-state index is 12.9.